The van der Waals surface area contributed by atoms with Crippen molar-refractivity contribution in [3.63, 3.8) is 0 Å². The molecular formula is C66H63Br3O15. The van der Waals surface area contributed by atoms with Crippen LogP contribution in [0.3, 0.4) is 0 Å². The third-order valence-electron chi connectivity index (χ3n) is 13.1. The Balaban J connectivity index is 1.08. The molecule has 0 amide bonds. The van der Waals surface area contributed by atoms with E-state index in [1.807, 2.05) is 18.2 Å². The molecule has 0 aliphatic carbocycles. The standard InChI is InChI=1S/C66H63Br3O15/c1-4-61(70)79-34-16-10-7-13-31-76-46-25-19-43(20-26-46)64(73)82-58-40-52-49(37-55(58)67)50-38-56(68)59(83-65(74)44-21-27-47(28-22-44)77-32-14-8-11-17-35-80-62(71)5-2)41-53(50)54-42-60(57(69)39-51(52)54)84-66(75)45-23-29-48(30-24-45)78-33-15-9-12-18-36-81-63(72)6-3/h4-6,19-30,37-42H,1-3,7-18,31-36H2. The number of esters is 6. The average Bonchev–Trinajstić information content (AvgIpc) is 3.15. The zero-order valence-electron chi connectivity index (χ0n) is 46.2. The van der Waals surface area contributed by atoms with Gasteiger partial charge in [-0.1, -0.05) is 19.7 Å². The van der Waals surface area contributed by atoms with Gasteiger partial charge in [-0.25, -0.2) is 28.8 Å². The van der Waals surface area contributed by atoms with Gasteiger partial charge in [0.25, 0.3) is 0 Å². The minimum Gasteiger partial charge on any atom is -0.494 e. The van der Waals surface area contributed by atoms with Crippen LogP contribution in [0.1, 0.15) is 108 Å². The van der Waals surface area contributed by atoms with Crippen LogP contribution in [-0.4, -0.2) is 75.5 Å². The summed E-state index contributed by atoms with van der Waals surface area (Å²) in [6.45, 7) is 12.7. The molecule has 0 unspecified atom stereocenters. The van der Waals surface area contributed by atoms with Gasteiger partial charge in [0.15, 0.2) is 0 Å². The van der Waals surface area contributed by atoms with Crippen molar-refractivity contribution in [1.82, 2.24) is 0 Å². The van der Waals surface area contributed by atoms with Gasteiger partial charge >= 0.3 is 35.8 Å². The molecule has 0 bridgehead atoms. The van der Waals surface area contributed by atoms with Crippen molar-refractivity contribution in [3.8, 4) is 34.5 Å². The summed E-state index contributed by atoms with van der Waals surface area (Å²) in [5.41, 5.74) is 0.884. The topological polar surface area (TPSA) is 185 Å². The van der Waals surface area contributed by atoms with Gasteiger partial charge in [0.2, 0.25) is 0 Å². The van der Waals surface area contributed by atoms with Crippen LogP contribution in [0.25, 0.3) is 32.3 Å². The zero-order valence-corrected chi connectivity index (χ0v) is 51.0. The lowest BCUT2D eigenvalue weighted by Crippen LogP contribution is -2.09. The molecule has 0 heterocycles. The number of ether oxygens (including phenoxy) is 9. The van der Waals surface area contributed by atoms with Gasteiger partial charge in [0.1, 0.15) is 34.5 Å². The molecule has 0 aliphatic heterocycles. The van der Waals surface area contributed by atoms with E-state index in [1.165, 1.54) is 0 Å². The number of fused-ring (bicyclic) bond motifs is 6. The summed E-state index contributed by atoms with van der Waals surface area (Å²) in [5.74, 6) is -0.638. The quantitative estimate of drug-likeness (QED) is 0.00944. The third-order valence-corrected chi connectivity index (χ3v) is 15.0. The maximum atomic E-state index is 13.8. The summed E-state index contributed by atoms with van der Waals surface area (Å²) in [5, 5.41) is 4.14. The Morgan fingerprint density at radius 2 is 0.548 bits per heavy atom. The van der Waals surface area contributed by atoms with Crippen molar-refractivity contribution in [2.45, 2.75) is 77.0 Å². The van der Waals surface area contributed by atoms with Gasteiger partial charge in [-0.3, -0.25) is 0 Å². The first kappa shape index (κ1) is 63.8. The number of unbranched alkanes of at least 4 members (excludes halogenated alkanes) is 9. The lowest BCUT2D eigenvalue weighted by molar-refractivity contribution is -0.138. The predicted octanol–water partition coefficient (Wildman–Crippen LogP) is 16.1. The Morgan fingerprint density at radius 1 is 0.321 bits per heavy atom. The molecule has 84 heavy (non-hydrogen) atoms. The second kappa shape index (κ2) is 32.9. The van der Waals surface area contributed by atoms with Crippen LogP contribution in [0.15, 0.2) is 161 Å². The minimum absolute atomic E-state index is 0.211. The average molecular weight is 1340 g/mol. The molecule has 0 aliphatic rings. The number of hydrogen-bond acceptors (Lipinski definition) is 15. The first-order valence-corrected chi connectivity index (χ1v) is 29.9. The summed E-state index contributed by atoms with van der Waals surface area (Å²) >= 11 is 11.0. The second-order valence-electron chi connectivity index (χ2n) is 19.1. The fraction of sp³-hybridized carbons (Fsp3) is 0.273. The van der Waals surface area contributed by atoms with Crippen molar-refractivity contribution in [3.05, 3.63) is 177 Å². The highest BCUT2D eigenvalue weighted by molar-refractivity contribution is 9.11. The van der Waals surface area contributed by atoms with Gasteiger partial charge < -0.3 is 42.6 Å². The molecule has 0 radical (unpaired) electrons. The Bertz CT molecular complexity index is 3490. The number of benzene rings is 7. The van der Waals surface area contributed by atoms with E-state index in [9.17, 15) is 28.8 Å². The summed E-state index contributed by atoms with van der Waals surface area (Å²) in [4.78, 5) is 75.0. The summed E-state index contributed by atoms with van der Waals surface area (Å²) in [6.07, 6.45) is 13.4. The number of carbonyl (C=O) groups is 6. The molecule has 0 saturated carbocycles. The Kier molecular flexibility index (Phi) is 25.0. The second-order valence-corrected chi connectivity index (χ2v) is 21.7. The van der Waals surface area contributed by atoms with E-state index in [0.29, 0.717) is 103 Å². The first-order valence-electron chi connectivity index (χ1n) is 27.5. The van der Waals surface area contributed by atoms with E-state index >= 15 is 0 Å². The molecule has 7 aromatic carbocycles. The highest BCUT2D eigenvalue weighted by atomic mass is 79.9. The third kappa shape index (κ3) is 18.9. The van der Waals surface area contributed by atoms with Crippen LogP contribution in [0.2, 0.25) is 0 Å². The highest BCUT2D eigenvalue weighted by Gasteiger charge is 2.22. The lowest BCUT2D eigenvalue weighted by atomic mass is 9.94. The molecule has 0 N–H and O–H groups in total. The summed E-state index contributed by atoms with van der Waals surface area (Å²) < 4.78 is 52.4. The Morgan fingerprint density at radius 3 is 0.786 bits per heavy atom. The van der Waals surface area contributed by atoms with E-state index in [-0.39, 0.29) is 22.8 Å². The summed E-state index contributed by atoms with van der Waals surface area (Å²) in [6, 6.07) is 30.8. The van der Waals surface area contributed by atoms with Gasteiger partial charge in [-0.05, 0) is 266 Å². The fourth-order valence-electron chi connectivity index (χ4n) is 8.71. The molecule has 15 nitrogen and oxygen atoms in total. The Labute approximate surface area is 512 Å². The number of carbonyl (C=O) groups excluding carboxylic acids is 6. The Hall–Kier alpha value is -7.80. The smallest absolute Gasteiger partial charge is 0.343 e. The molecule has 18 heteroatoms. The van der Waals surface area contributed by atoms with E-state index in [2.05, 4.69) is 67.5 Å². The van der Waals surface area contributed by atoms with E-state index in [1.54, 1.807) is 91.0 Å². The maximum Gasteiger partial charge on any atom is 0.343 e. The lowest BCUT2D eigenvalue weighted by Gasteiger charge is -2.17. The van der Waals surface area contributed by atoms with Crippen molar-refractivity contribution in [1.29, 1.82) is 0 Å². The molecule has 0 fully saturated rings. The van der Waals surface area contributed by atoms with Crippen LogP contribution >= 0.6 is 47.8 Å². The van der Waals surface area contributed by atoms with Crippen LogP contribution in [0.5, 0.6) is 34.5 Å². The highest BCUT2D eigenvalue weighted by Crippen LogP contribution is 2.46. The summed E-state index contributed by atoms with van der Waals surface area (Å²) in [7, 11) is 0. The normalized spacial score (nSPS) is 10.9. The van der Waals surface area contributed by atoms with Crippen LogP contribution in [-0.2, 0) is 28.6 Å². The zero-order chi connectivity index (χ0) is 59.8. The molecule has 7 rings (SSSR count). The van der Waals surface area contributed by atoms with Gasteiger partial charge in [-0.15, -0.1) is 0 Å². The number of halogens is 3. The van der Waals surface area contributed by atoms with Crippen molar-refractivity contribution in [2.24, 2.45) is 0 Å². The van der Waals surface area contributed by atoms with Gasteiger partial charge in [0, 0.05) is 18.2 Å². The monoisotopic (exact) mass is 1330 g/mol. The SMILES string of the molecule is C=CC(=O)OCCCCCCOc1ccc(C(=O)Oc2cc3c(cc2Br)c2cc(Br)c(OC(=O)c4ccc(OCCCCCCOC(=O)C=C)cc4)cc2c2cc(OC(=O)c4ccc(OCCCCCCOC(=O)C=C)cc4)c(Br)cc32)cc1. The molecule has 0 saturated heterocycles. The predicted molar refractivity (Wildman–Crippen MR) is 332 cm³/mol. The molecule has 0 atom stereocenters. The van der Waals surface area contributed by atoms with Crippen molar-refractivity contribution < 1.29 is 71.4 Å². The number of rotatable bonds is 33. The van der Waals surface area contributed by atoms with E-state index in [0.717, 1.165) is 106 Å². The molecule has 0 aromatic heterocycles. The van der Waals surface area contributed by atoms with Crippen molar-refractivity contribution >= 4 is 116 Å². The molecule has 7 aromatic rings. The van der Waals surface area contributed by atoms with Crippen LogP contribution in [0.4, 0.5) is 0 Å². The van der Waals surface area contributed by atoms with E-state index < -0.39 is 35.8 Å². The number of hydrogen-bond donors (Lipinski definition) is 0. The van der Waals surface area contributed by atoms with E-state index in [4.69, 9.17) is 42.6 Å². The molecular weight excluding hydrogens is 1270 g/mol. The first-order chi connectivity index (χ1) is 40.7. The van der Waals surface area contributed by atoms with Crippen molar-refractivity contribution in [2.75, 3.05) is 39.6 Å². The van der Waals surface area contributed by atoms with Crippen LogP contribution in [0, 0.1) is 0 Å². The van der Waals surface area contributed by atoms with Gasteiger partial charge in [0.05, 0.1) is 69.7 Å². The largest absolute Gasteiger partial charge is 0.494 e. The van der Waals surface area contributed by atoms with Crippen LogP contribution < -0.4 is 28.4 Å². The molecule has 438 valence electrons. The fourth-order valence-corrected chi connectivity index (χ4v) is 9.98. The minimum atomic E-state index is -0.617. The maximum absolute atomic E-state index is 13.8. The van der Waals surface area contributed by atoms with Gasteiger partial charge in [-0.2, -0.15) is 0 Å². The molecule has 0 spiro atoms.